The molecule has 1 unspecified atom stereocenters. The van der Waals surface area contributed by atoms with Crippen LogP contribution in [-0.2, 0) is 16.6 Å². The van der Waals surface area contributed by atoms with E-state index in [1.165, 1.54) is 31.5 Å². The number of aromatic amines is 1. The van der Waals surface area contributed by atoms with E-state index in [2.05, 4.69) is 15.4 Å². The Morgan fingerprint density at radius 1 is 1.44 bits per heavy atom. The van der Waals surface area contributed by atoms with Gasteiger partial charge in [0.1, 0.15) is 5.82 Å². The number of carbonyl (C=O) groups excluding carboxylic acids is 2. The minimum Gasteiger partial charge on any atom is -0.382 e. The largest absolute Gasteiger partial charge is 0.382 e. The van der Waals surface area contributed by atoms with Crippen molar-refractivity contribution in [2.24, 2.45) is 7.05 Å². The molecular formula is C17H17FN4O3. The lowest BCUT2D eigenvalue weighted by atomic mass is 10.1. The second-order valence-corrected chi connectivity index (χ2v) is 5.65. The van der Waals surface area contributed by atoms with Crippen LogP contribution < -0.4 is 5.32 Å². The van der Waals surface area contributed by atoms with Crippen LogP contribution in [0.3, 0.4) is 0 Å². The van der Waals surface area contributed by atoms with Gasteiger partial charge in [-0.15, -0.1) is 0 Å². The number of aryl methyl sites for hydroxylation is 1. The lowest BCUT2D eigenvalue weighted by molar-refractivity contribution is -0.118. The molecule has 7 nitrogen and oxygen atoms in total. The van der Waals surface area contributed by atoms with Crippen LogP contribution in [0, 0.1) is 5.82 Å². The monoisotopic (exact) mass is 344 g/mol. The fourth-order valence-corrected chi connectivity index (χ4v) is 2.64. The first-order valence-corrected chi connectivity index (χ1v) is 7.59. The molecule has 2 N–H and O–H groups in total. The van der Waals surface area contributed by atoms with Gasteiger partial charge in [-0.05, 0) is 18.2 Å². The van der Waals surface area contributed by atoms with E-state index in [1.807, 2.05) is 0 Å². The second kappa shape index (κ2) is 6.86. The van der Waals surface area contributed by atoms with Crippen LogP contribution in [0.15, 0.2) is 36.8 Å². The third kappa shape index (κ3) is 3.43. The van der Waals surface area contributed by atoms with Crippen LogP contribution in [0.5, 0.6) is 0 Å². The first kappa shape index (κ1) is 16.8. The second-order valence-electron chi connectivity index (χ2n) is 5.65. The summed E-state index contributed by atoms with van der Waals surface area (Å²) < 4.78 is 20.0. The van der Waals surface area contributed by atoms with Gasteiger partial charge in [0, 0.05) is 43.0 Å². The van der Waals surface area contributed by atoms with Gasteiger partial charge in [-0.25, -0.2) is 4.39 Å². The Morgan fingerprint density at radius 3 is 2.92 bits per heavy atom. The van der Waals surface area contributed by atoms with Crippen LogP contribution >= 0.6 is 0 Å². The van der Waals surface area contributed by atoms with E-state index in [0.29, 0.717) is 10.9 Å². The highest BCUT2D eigenvalue weighted by atomic mass is 19.1. The summed E-state index contributed by atoms with van der Waals surface area (Å²) in [5.74, 6) is -1.89. The van der Waals surface area contributed by atoms with Crippen molar-refractivity contribution in [3.63, 3.8) is 0 Å². The number of hydrogen-bond acceptors (Lipinski definition) is 4. The zero-order valence-corrected chi connectivity index (χ0v) is 13.7. The summed E-state index contributed by atoms with van der Waals surface area (Å²) in [4.78, 5) is 27.7. The van der Waals surface area contributed by atoms with Gasteiger partial charge in [-0.3, -0.25) is 14.3 Å². The Bertz CT molecular complexity index is 931. The molecule has 0 aliphatic heterocycles. The summed E-state index contributed by atoms with van der Waals surface area (Å²) in [7, 11) is 3.26. The summed E-state index contributed by atoms with van der Waals surface area (Å²) >= 11 is 0. The number of halogens is 1. The molecular weight excluding hydrogens is 327 g/mol. The highest BCUT2D eigenvalue weighted by Crippen LogP contribution is 2.20. The molecule has 0 aliphatic rings. The number of nitrogens with one attached hydrogen (secondary N) is 2. The molecule has 8 heteroatoms. The smallest absolute Gasteiger partial charge is 0.293 e. The van der Waals surface area contributed by atoms with Crippen molar-refractivity contribution < 1.29 is 18.7 Å². The van der Waals surface area contributed by atoms with E-state index in [0.717, 1.165) is 5.56 Å². The van der Waals surface area contributed by atoms with Crippen molar-refractivity contribution >= 4 is 22.6 Å². The number of hydrogen-bond donors (Lipinski definition) is 2. The van der Waals surface area contributed by atoms with Crippen molar-refractivity contribution in [3.05, 3.63) is 53.7 Å². The van der Waals surface area contributed by atoms with Gasteiger partial charge in [0.05, 0.1) is 24.4 Å². The van der Waals surface area contributed by atoms with Gasteiger partial charge in [0.15, 0.2) is 0 Å². The number of ether oxygens (including phenoxy) is 1. The SMILES string of the molecule is COCC(NC(=O)C(=O)c1c[nH]c2cc(F)ccc12)c1cnn(C)c1. The van der Waals surface area contributed by atoms with Crippen molar-refractivity contribution in [2.45, 2.75) is 6.04 Å². The number of aromatic nitrogens is 3. The molecule has 25 heavy (non-hydrogen) atoms. The van der Waals surface area contributed by atoms with Crippen LogP contribution in [0.2, 0.25) is 0 Å². The van der Waals surface area contributed by atoms with E-state index >= 15 is 0 Å². The third-order valence-corrected chi connectivity index (χ3v) is 3.86. The molecule has 2 aromatic heterocycles. The molecule has 0 radical (unpaired) electrons. The average molecular weight is 344 g/mol. The predicted molar refractivity (Wildman–Crippen MR) is 88.6 cm³/mol. The molecule has 3 rings (SSSR count). The van der Waals surface area contributed by atoms with E-state index < -0.39 is 23.5 Å². The molecule has 2 heterocycles. The van der Waals surface area contributed by atoms with Crippen LogP contribution in [0.1, 0.15) is 22.0 Å². The summed E-state index contributed by atoms with van der Waals surface area (Å²) in [6.07, 6.45) is 4.74. The van der Waals surface area contributed by atoms with Gasteiger partial charge in [0.25, 0.3) is 11.7 Å². The van der Waals surface area contributed by atoms with Gasteiger partial charge in [-0.1, -0.05) is 0 Å². The fraction of sp³-hybridized carbons (Fsp3) is 0.235. The highest BCUT2D eigenvalue weighted by Gasteiger charge is 2.24. The quantitative estimate of drug-likeness (QED) is 0.526. The maximum Gasteiger partial charge on any atom is 0.293 e. The number of amides is 1. The Hall–Kier alpha value is -3.00. The third-order valence-electron chi connectivity index (χ3n) is 3.86. The van der Waals surface area contributed by atoms with Crippen molar-refractivity contribution in [2.75, 3.05) is 13.7 Å². The zero-order chi connectivity index (χ0) is 18.0. The molecule has 1 atom stereocenters. The first-order chi connectivity index (χ1) is 12.0. The lowest BCUT2D eigenvalue weighted by Crippen LogP contribution is -2.36. The minimum atomic E-state index is -0.767. The lowest BCUT2D eigenvalue weighted by Gasteiger charge is -2.15. The first-order valence-electron chi connectivity index (χ1n) is 7.59. The topological polar surface area (TPSA) is 89.0 Å². The fourth-order valence-electron chi connectivity index (χ4n) is 2.64. The Morgan fingerprint density at radius 2 is 2.24 bits per heavy atom. The van der Waals surface area contributed by atoms with Crippen LogP contribution in [0.25, 0.3) is 10.9 Å². The molecule has 3 aromatic rings. The number of fused-ring (bicyclic) bond motifs is 1. The summed E-state index contributed by atoms with van der Waals surface area (Å²) in [5.41, 5.74) is 1.37. The van der Waals surface area contributed by atoms with Crippen molar-refractivity contribution in [3.8, 4) is 0 Å². The number of ketones is 1. The van der Waals surface area contributed by atoms with Gasteiger partial charge in [-0.2, -0.15) is 5.10 Å². The van der Waals surface area contributed by atoms with Crippen molar-refractivity contribution in [1.82, 2.24) is 20.1 Å². The van der Waals surface area contributed by atoms with Crippen molar-refractivity contribution in [1.29, 1.82) is 0 Å². The number of methoxy groups -OCH3 is 1. The number of carbonyl (C=O) groups is 2. The van der Waals surface area contributed by atoms with Gasteiger partial charge in [0.2, 0.25) is 0 Å². The zero-order valence-electron chi connectivity index (χ0n) is 13.7. The summed E-state index contributed by atoms with van der Waals surface area (Å²) in [5, 5.41) is 7.20. The van der Waals surface area contributed by atoms with Gasteiger partial charge < -0.3 is 15.0 Å². The minimum absolute atomic E-state index is 0.190. The molecule has 0 saturated heterocycles. The van der Waals surface area contributed by atoms with Crippen LogP contribution in [-0.4, -0.2) is 40.2 Å². The summed E-state index contributed by atoms with van der Waals surface area (Å²) in [6.45, 7) is 0.198. The highest BCUT2D eigenvalue weighted by molar-refractivity contribution is 6.45. The molecule has 1 amide bonds. The number of Topliss-reactive ketones (excluding diaryl/α,β-unsaturated/α-hetero) is 1. The van der Waals surface area contributed by atoms with Gasteiger partial charge >= 0.3 is 0 Å². The summed E-state index contributed by atoms with van der Waals surface area (Å²) in [6, 6.07) is 3.48. The molecule has 0 spiro atoms. The van der Waals surface area contributed by atoms with E-state index in [1.54, 1.807) is 24.1 Å². The molecule has 130 valence electrons. The Kier molecular flexibility index (Phi) is 4.62. The normalized spacial score (nSPS) is 12.3. The predicted octanol–water partition coefficient (Wildman–Crippen LogP) is 1.73. The van der Waals surface area contributed by atoms with Crippen LogP contribution in [0.4, 0.5) is 4.39 Å². The average Bonchev–Trinajstić information content (AvgIpc) is 3.19. The molecule has 0 fully saturated rings. The number of H-pyrrole nitrogens is 1. The van der Waals surface area contributed by atoms with E-state index in [9.17, 15) is 14.0 Å². The Balaban J connectivity index is 1.82. The number of rotatable bonds is 6. The maximum absolute atomic E-state index is 13.2. The van der Waals surface area contributed by atoms with E-state index in [-0.39, 0.29) is 12.2 Å². The number of benzene rings is 1. The molecule has 1 aromatic carbocycles. The molecule has 0 saturated carbocycles. The molecule has 0 aliphatic carbocycles. The van der Waals surface area contributed by atoms with E-state index in [4.69, 9.17) is 4.74 Å². The Labute approximate surface area is 142 Å². The molecule has 0 bridgehead atoms. The standard InChI is InChI=1S/C17H17FN4O3/c1-22-8-10(6-20-22)15(9-25-2)21-17(24)16(23)13-7-19-14-5-11(18)3-4-12(13)14/h3-8,15,19H,9H2,1-2H3,(H,21,24). The maximum atomic E-state index is 13.2. The number of nitrogens with zero attached hydrogens (tertiary/aromatic N) is 2.